The molecule has 0 aromatic carbocycles. The van der Waals surface area contributed by atoms with Crippen LogP contribution in [0.3, 0.4) is 0 Å². The summed E-state index contributed by atoms with van der Waals surface area (Å²) in [5.41, 5.74) is 1.75. The molecule has 0 N–H and O–H groups in total. The van der Waals surface area contributed by atoms with Crippen molar-refractivity contribution >= 4 is 29.3 Å². The van der Waals surface area contributed by atoms with Crippen LogP contribution in [0.5, 0.6) is 0 Å². The van der Waals surface area contributed by atoms with E-state index in [1.807, 2.05) is 0 Å². The van der Waals surface area contributed by atoms with Gasteiger partial charge in [-0.15, -0.1) is 0 Å². The van der Waals surface area contributed by atoms with Crippen molar-refractivity contribution < 1.29 is 9.53 Å². The van der Waals surface area contributed by atoms with Crippen LogP contribution in [0.2, 0.25) is 5.02 Å². The number of carbonyl (C=O) groups is 1. The van der Waals surface area contributed by atoms with Gasteiger partial charge < -0.3 is 4.74 Å². The van der Waals surface area contributed by atoms with Crippen molar-refractivity contribution in [3.05, 3.63) is 21.8 Å². The molecule has 0 amide bonds. The van der Waals surface area contributed by atoms with Crippen molar-refractivity contribution in [1.82, 2.24) is 4.98 Å². The molecule has 0 unspecified atom stereocenters. The van der Waals surface area contributed by atoms with Gasteiger partial charge in [-0.2, -0.15) is 5.26 Å². The summed E-state index contributed by atoms with van der Waals surface area (Å²) in [5.74, 6) is -0.232. The van der Waals surface area contributed by atoms with Crippen LogP contribution in [0.4, 0.5) is 0 Å². The number of hydrogen-bond donors (Lipinski definition) is 0. The Hall–Kier alpha value is -1.25. The lowest BCUT2D eigenvalue weighted by Crippen LogP contribution is -2.05. The van der Waals surface area contributed by atoms with Gasteiger partial charge in [0.15, 0.2) is 0 Å². The molecule has 0 spiro atoms. The second-order valence-corrected chi connectivity index (χ2v) is 4.63. The first-order valence-electron chi connectivity index (χ1n) is 4.77. The van der Waals surface area contributed by atoms with Crippen LogP contribution >= 0.6 is 23.4 Å². The van der Waals surface area contributed by atoms with Gasteiger partial charge >= 0.3 is 5.97 Å². The van der Waals surface area contributed by atoms with E-state index >= 15 is 0 Å². The third-order valence-electron chi connectivity index (χ3n) is 2.17. The maximum absolute atomic E-state index is 11.0. The van der Waals surface area contributed by atoms with Crippen molar-refractivity contribution in [3.63, 3.8) is 0 Å². The van der Waals surface area contributed by atoms with E-state index in [1.165, 1.54) is 18.9 Å². The lowest BCUT2D eigenvalue weighted by molar-refractivity contribution is -0.137. The number of nitrogens with zero attached hydrogens (tertiary/aromatic N) is 2. The van der Waals surface area contributed by atoms with Crippen molar-refractivity contribution in [2.45, 2.75) is 18.9 Å². The van der Waals surface area contributed by atoms with E-state index in [0.29, 0.717) is 26.9 Å². The highest BCUT2D eigenvalue weighted by atomic mass is 35.5. The number of esters is 1. The van der Waals surface area contributed by atoms with Crippen LogP contribution in [0, 0.1) is 25.2 Å². The monoisotopic (exact) mass is 270 g/mol. The van der Waals surface area contributed by atoms with Crippen LogP contribution in [-0.4, -0.2) is 23.8 Å². The van der Waals surface area contributed by atoms with E-state index in [-0.39, 0.29) is 11.7 Å². The van der Waals surface area contributed by atoms with Gasteiger partial charge in [-0.1, -0.05) is 23.4 Å². The number of methoxy groups -OCH3 is 1. The largest absolute Gasteiger partial charge is 0.468 e. The summed E-state index contributed by atoms with van der Waals surface area (Å²) in [7, 11) is 1.32. The van der Waals surface area contributed by atoms with Crippen LogP contribution in [0.25, 0.3) is 0 Å². The second-order valence-electron chi connectivity index (χ2n) is 3.29. The predicted molar refractivity (Wildman–Crippen MR) is 66.2 cm³/mol. The van der Waals surface area contributed by atoms with Crippen LogP contribution in [0.1, 0.15) is 16.8 Å². The number of nitriles is 1. The van der Waals surface area contributed by atoms with E-state index in [4.69, 9.17) is 16.9 Å². The molecule has 6 heteroatoms. The van der Waals surface area contributed by atoms with E-state index < -0.39 is 0 Å². The molecule has 0 aliphatic heterocycles. The number of ether oxygens (including phenoxy) is 1. The van der Waals surface area contributed by atoms with Gasteiger partial charge in [0, 0.05) is 0 Å². The van der Waals surface area contributed by atoms with Gasteiger partial charge in [0.2, 0.25) is 0 Å². The summed E-state index contributed by atoms with van der Waals surface area (Å²) >= 11 is 7.18. The highest BCUT2D eigenvalue weighted by Crippen LogP contribution is 2.29. The zero-order chi connectivity index (χ0) is 13.0. The minimum atomic E-state index is -0.356. The number of carbonyl (C=O) groups excluding carboxylic acids is 1. The predicted octanol–water partition coefficient (Wildman–Crippen LogP) is 2.49. The molecule has 0 bridgehead atoms. The van der Waals surface area contributed by atoms with Crippen molar-refractivity contribution in [2.24, 2.45) is 0 Å². The zero-order valence-electron chi connectivity index (χ0n) is 9.70. The quantitative estimate of drug-likeness (QED) is 0.624. The first-order chi connectivity index (χ1) is 8.01. The van der Waals surface area contributed by atoms with Gasteiger partial charge in [-0.05, 0) is 19.4 Å². The van der Waals surface area contributed by atoms with Crippen LogP contribution in [-0.2, 0) is 9.53 Å². The van der Waals surface area contributed by atoms with Crippen molar-refractivity contribution in [1.29, 1.82) is 5.26 Å². The molecule has 0 saturated heterocycles. The highest BCUT2D eigenvalue weighted by Gasteiger charge is 2.15. The highest BCUT2D eigenvalue weighted by molar-refractivity contribution is 7.99. The number of aryl methyl sites for hydroxylation is 1. The van der Waals surface area contributed by atoms with Gasteiger partial charge in [-0.25, -0.2) is 4.98 Å². The molecule has 1 aromatic heterocycles. The molecule has 0 aliphatic carbocycles. The maximum Gasteiger partial charge on any atom is 0.316 e. The Labute approximate surface area is 109 Å². The molecule has 0 saturated carbocycles. The Balaban J connectivity index is 3.08. The third kappa shape index (κ3) is 3.11. The minimum absolute atomic E-state index is 0.124. The molecule has 0 fully saturated rings. The molecular formula is C11H11ClN2O2S. The minimum Gasteiger partial charge on any atom is -0.468 e. The number of aromatic nitrogens is 1. The molecule has 0 radical (unpaired) electrons. The molecule has 4 nitrogen and oxygen atoms in total. The Kier molecular flexibility index (Phi) is 4.79. The SMILES string of the molecule is COC(=O)CSc1nc(C)c(Cl)c(C)c1C#N. The fourth-order valence-electron chi connectivity index (χ4n) is 1.22. The number of thioether (sulfide) groups is 1. The molecule has 90 valence electrons. The Morgan fingerprint density at radius 1 is 1.59 bits per heavy atom. The molecule has 1 rings (SSSR count). The van der Waals surface area contributed by atoms with E-state index in [2.05, 4.69) is 15.8 Å². The summed E-state index contributed by atoms with van der Waals surface area (Å²) in [6.07, 6.45) is 0. The lowest BCUT2D eigenvalue weighted by Gasteiger charge is -2.09. The van der Waals surface area contributed by atoms with Crippen molar-refractivity contribution in [2.75, 3.05) is 12.9 Å². The van der Waals surface area contributed by atoms with Gasteiger partial charge in [0.1, 0.15) is 11.1 Å². The normalized spacial score (nSPS) is 9.82. The fourth-order valence-corrected chi connectivity index (χ4v) is 2.27. The van der Waals surface area contributed by atoms with Gasteiger partial charge in [0.05, 0.1) is 29.1 Å². The summed E-state index contributed by atoms with van der Waals surface area (Å²) in [6.45, 7) is 3.52. The van der Waals surface area contributed by atoms with Crippen molar-refractivity contribution in [3.8, 4) is 6.07 Å². The Morgan fingerprint density at radius 3 is 2.76 bits per heavy atom. The number of rotatable bonds is 3. The van der Waals surface area contributed by atoms with Gasteiger partial charge in [-0.3, -0.25) is 4.79 Å². The molecule has 0 atom stereocenters. The molecule has 17 heavy (non-hydrogen) atoms. The second kappa shape index (κ2) is 5.89. The number of hydrogen-bond acceptors (Lipinski definition) is 5. The smallest absolute Gasteiger partial charge is 0.316 e. The van der Waals surface area contributed by atoms with E-state index in [1.54, 1.807) is 13.8 Å². The third-order valence-corrected chi connectivity index (χ3v) is 3.68. The topological polar surface area (TPSA) is 63.0 Å². The zero-order valence-corrected chi connectivity index (χ0v) is 11.3. The fraction of sp³-hybridized carbons (Fsp3) is 0.364. The van der Waals surface area contributed by atoms with E-state index in [0.717, 1.165) is 0 Å². The summed E-state index contributed by atoms with van der Waals surface area (Å²) in [6, 6.07) is 2.05. The average molecular weight is 271 g/mol. The maximum atomic E-state index is 11.0. The van der Waals surface area contributed by atoms with Crippen LogP contribution in [0.15, 0.2) is 5.03 Å². The lowest BCUT2D eigenvalue weighted by atomic mass is 10.1. The Morgan fingerprint density at radius 2 is 2.24 bits per heavy atom. The molecule has 1 aromatic rings. The number of pyridine rings is 1. The first kappa shape index (κ1) is 13.8. The molecular weight excluding hydrogens is 260 g/mol. The number of halogens is 1. The molecule has 1 heterocycles. The van der Waals surface area contributed by atoms with E-state index in [9.17, 15) is 4.79 Å². The summed E-state index contributed by atoms with van der Waals surface area (Å²) in [4.78, 5) is 15.3. The van der Waals surface area contributed by atoms with Gasteiger partial charge in [0.25, 0.3) is 0 Å². The summed E-state index contributed by atoms with van der Waals surface area (Å²) < 4.78 is 4.53. The molecule has 0 aliphatic rings. The van der Waals surface area contributed by atoms with Crippen LogP contribution < -0.4 is 0 Å². The summed E-state index contributed by atoms with van der Waals surface area (Å²) in [5, 5.41) is 10.1. The first-order valence-corrected chi connectivity index (χ1v) is 6.14. The standard InChI is InChI=1S/C11H11ClN2O2S/c1-6-8(4-13)11(14-7(2)10(6)12)17-5-9(15)16-3/h5H2,1-3H3. The Bertz CT molecular complexity index is 497. The average Bonchev–Trinajstić information content (AvgIpc) is 2.33.